The topological polar surface area (TPSA) is 92.7 Å². The molecule has 0 atom stereocenters. The van der Waals surface area contributed by atoms with E-state index in [1.165, 1.54) is 33.8 Å². The number of fused-ring (bicyclic) bond motifs is 3. The average Bonchev–Trinajstić information content (AvgIpc) is 3.55. The second-order valence-corrected chi connectivity index (χ2v) is 8.55. The first kappa shape index (κ1) is 23.4. The molecule has 9 nitrogen and oxygen atoms in total. The van der Waals surface area contributed by atoms with E-state index >= 15 is 0 Å². The van der Waals surface area contributed by atoms with Crippen LogP contribution in [0, 0.1) is 0 Å². The molecule has 0 unspecified atom stereocenters. The molecule has 0 radical (unpaired) electrons. The Kier molecular flexibility index (Phi) is 5.26. The fourth-order valence-electron chi connectivity index (χ4n) is 4.53. The lowest BCUT2D eigenvalue weighted by Crippen LogP contribution is -2.21. The molecule has 38 heavy (non-hydrogen) atoms. The number of rotatable bonds is 4. The Morgan fingerprint density at radius 3 is 2.53 bits per heavy atom. The van der Waals surface area contributed by atoms with Gasteiger partial charge in [0.2, 0.25) is 0 Å². The molecule has 2 aromatic carbocycles. The Hall–Kier alpha value is -5.00. The minimum absolute atomic E-state index is 0.0535. The van der Waals surface area contributed by atoms with Crippen LogP contribution in [0.4, 0.5) is 13.2 Å². The van der Waals surface area contributed by atoms with Gasteiger partial charge in [-0.1, -0.05) is 6.07 Å². The first-order chi connectivity index (χ1) is 18.3. The zero-order valence-electron chi connectivity index (χ0n) is 20.0. The van der Waals surface area contributed by atoms with Gasteiger partial charge in [0.05, 0.1) is 53.0 Å². The molecule has 0 aliphatic rings. The maximum atomic E-state index is 14.1. The maximum absolute atomic E-state index is 14.1. The number of pyridine rings is 2. The van der Waals surface area contributed by atoms with Gasteiger partial charge in [0, 0.05) is 24.2 Å². The predicted molar refractivity (Wildman–Crippen MR) is 134 cm³/mol. The van der Waals surface area contributed by atoms with E-state index in [1.54, 1.807) is 32.6 Å². The van der Waals surface area contributed by atoms with Gasteiger partial charge >= 0.3 is 11.9 Å². The van der Waals surface area contributed by atoms with Crippen LogP contribution in [0.1, 0.15) is 5.56 Å². The van der Waals surface area contributed by atoms with Crippen molar-refractivity contribution in [2.75, 3.05) is 7.11 Å². The Morgan fingerprint density at radius 2 is 1.79 bits per heavy atom. The molecule has 0 N–H and O–H groups in total. The fourth-order valence-corrected chi connectivity index (χ4v) is 4.53. The van der Waals surface area contributed by atoms with E-state index in [1.807, 2.05) is 18.2 Å². The molecule has 0 aliphatic heterocycles. The molecule has 0 fully saturated rings. The highest BCUT2D eigenvalue weighted by atomic mass is 19.4. The van der Waals surface area contributed by atoms with Gasteiger partial charge in [-0.15, -0.1) is 0 Å². The predicted octanol–water partition coefficient (Wildman–Crippen LogP) is 4.55. The van der Waals surface area contributed by atoms with Crippen molar-refractivity contribution >= 4 is 21.9 Å². The Bertz CT molecular complexity index is 1890. The summed E-state index contributed by atoms with van der Waals surface area (Å²) in [5.74, 6) is 0.572. The summed E-state index contributed by atoms with van der Waals surface area (Å²) in [7, 11) is 3.10. The molecule has 6 rings (SSSR count). The Labute approximate surface area is 212 Å². The summed E-state index contributed by atoms with van der Waals surface area (Å²) >= 11 is 0. The molecule has 4 aromatic heterocycles. The summed E-state index contributed by atoms with van der Waals surface area (Å²) in [6, 6.07) is 11.0. The lowest BCUT2D eigenvalue weighted by molar-refractivity contribution is -0.137. The van der Waals surface area contributed by atoms with E-state index in [9.17, 15) is 18.0 Å². The number of imidazole rings is 1. The monoisotopic (exact) mass is 517 g/mol. The highest BCUT2D eigenvalue weighted by Crippen LogP contribution is 2.36. The summed E-state index contributed by atoms with van der Waals surface area (Å²) in [5, 5.41) is 4.43. The van der Waals surface area contributed by atoms with Gasteiger partial charge in [-0.2, -0.15) is 18.3 Å². The lowest BCUT2D eigenvalue weighted by Gasteiger charge is -2.15. The molecule has 4 heterocycles. The van der Waals surface area contributed by atoms with Crippen LogP contribution in [-0.2, 0) is 13.2 Å². The van der Waals surface area contributed by atoms with E-state index in [0.717, 1.165) is 28.2 Å². The number of aromatic nitrogens is 7. The molecule has 190 valence electrons. The van der Waals surface area contributed by atoms with Gasteiger partial charge in [-0.05, 0) is 42.0 Å². The number of halogens is 3. The molecular formula is C26H18F3N7O2. The first-order valence-corrected chi connectivity index (χ1v) is 11.3. The zero-order valence-corrected chi connectivity index (χ0v) is 20.0. The van der Waals surface area contributed by atoms with Crippen molar-refractivity contribution in [3.63, 3.8) is 0 Å². The molecule has 0 bridgehead atoms. The maximum Gasteiger partial charge on any atom is 0.418 e. The van der Waals surface area contributed by atoms with E-state index in [0.29, 0.717) is 27.7 Å². The van der Waals surface area contributed by atoms with Crippen LogP contribution < -0.4 is 10.4 Å². The SMILES string of the molecule is COc1cncc(-c2ccc3ncc4c(c3c2)n(-c2ccc(-n3cncn3)c(C(F)(F)F)c2)c(=O)n4C)c1. The van der Waals surface area contributed by atoms with Crippen molar-refractivity contribution in [2.45, 2.75) is 6.18 Å². The number of nitrogens with zero attached hydrogens (tertiary/aromatic N) is 7. The van der Waals surface area contributed by atoms with E-state index < -0.39 is 17.4 Å². The third-order valence-corrected chi connectivity index (χ3v) is 6.37. The lowest BCUT2D eigenvalue weighted by atomic mass is 10.0. The van der Waals surface area contributed by atoms with Crippen LogP contribution in [0.2, 0.25) is 0 Å². The summed E-state index contributed by atoms with van der Waals surface area (Å²) in [6.07, 6.45) is 2.42. The first-order valence-electron chi connectivity index (χ1n) is 11.3. The second-order valence-electron chi connectivity index (χ2n) is 8.55. The van der Waals surface area contributed by atoms with Crippen LogP contribution >= 0.6 is 0 Å². The number of methoxy groups -OCH3 is 1. The molecule has 0 aliphatic carbocycles. The molecule has 6 aromatic rings. The largest absolute Gasteiger partial charge is 0.495 e. The number of aryl methyl sites for hydroxylation is 1. The summed E-state index contributed by atoms with van der Waals surface area (Å²) in [6.45, 7) is 0. The van der Waals surface area contributed by atoms with Gasteiger partial charge in [0.15, 0.2) is 0 Å². The number of alkyl halides is 3. The standard InChI is InChI=1S/C26H18F3N7O2/c1-34-23-12-32-21-5-3-15(16-7-18(38-2)11-30-10-16)8-19(21)24(23)36(25(34)37)17-4-6-22(35-14-31-13-33-35)20(9-17)26(27,28)29/h3-14H,1-2H3. The third kappa shape index (κ3) is 3.69. The summed E-state index contributed by atoms with van der Waals surface area (Å²) < 4.78 is 51.3. The second kappa shape index (κ2) is 8.54. The van der Waals surface area contributed by atoms with Crippen molar-refractivity contribution in [2.24, 2.45) is 7.05 Å². The molecule has 12 heteroatoms. The van der Waals surface area contributed by atoms with Crippen molar-refractivity contribution in [3.05, 3.63) is 89.8 Å². The molecule has 0 saturated heterocycles. The van der Waals surface area contributed by atoms with Crippen LogP contribution in [0.5, 0.6) is 5.75 Å². The quantitative estimate of drug-likeness (QED) is 0.341. The fraction of sp³-hybridized carbons (Fsp3) is 0.115. The van der Waals surface area contributed by atoms with Crippen LogP contribution in [-0.4, -0.2) is 41.0 Å². The highest BCUT2D eigenvalue weighted by Gasteiger charge is 2.35. The van der Waals surface area contributed by atoms with Crippen molar-refractivity contribution in [1.29, 1.82) is 0 Å². The number of hydrogen-bond donors (Lipinski definition) is 0. The minimum atomic E-state index is -4.71. The van der Waals surface area contributed by atoms with Crippen LogP contribution in [0.15, 0.2) is 78.5 Å². The number of ether oxygens (including phenoxy) is 1. The highest BCUT2D eigenvalue weighted by molar-refractivity contribution is 6.04. The van der Waals surface area contributed by atoms with Gasteiger partial charge in [-0.3, -0.25) is 19.1 Å². The normalized spacial score (nSPS) is 11.9. The average molecular weight is 517 g/mol. The van der Waals surface area contributed by atoms with Crippen LogP contribution in [0.3, 0.4) is 0 Å². The molecular weight excluding hydrogens is 499 g/mol. The van der Waals surface area contributed by atoms with E-state index in [-0.39, 0.29) is 11.4 Å². The van der Waals surface area contributed by atoms with Crippen LogP contribution in [0.25, 0.3) is 44.4 Å². The van der Waals surface area contributed by atoms with Gasteiger partial charge in [0.1, 0.15) is 18.4 Å². The third-order valence-electron chi connectivity index (χ3n) is 6.37. The van der Waals surface area contributed by atoms with Crippen molar-refractivity contribution < 1.29 is 17.9 Å². The summed E-state index contributed by atoms with van der Waals surface area (Å²) in [5.41, 5.74) is 1.41. The van der Waals surface area contributed by atoms with Gasteiger partial charge < -0.3 is 4.74 Å². The Morgan fingerprint density at radius 1 is 0.947 bits per heavy atom. The number of hydrogen-bond acceptors (Lipinski definition) is 6. The van der Waals surface area contributed by atoms with E-state index in [4.69, 9.17) is 4.74 Å². The van der Waals surface area contributed by atoms with Crippen molar-refractivity contribution in [3.8, 4) is 28.3 Å². The number of benzene rings is 2. The summed E-state index contributed by atoms with van der Waals surface area (Å²) in [4.78, 5) is 25.8. The molecule has 0 spiro atoms. The Balaban J connectivity index is 1.64. The van der Waals surface area contributed by atoms with Gasteiger partial charge in [0.25, 0.3) is 0 Å². The van der Waals surface area contributed by atoms with Crippen molar-refractivity contribution in [1.82, 2.24) is 33.9 Å². The molecule has 0 amide bonds. The zero-order chi connectivity index (χ0) is 26.6. The molecule has 0 saturated carbocycles. The van der Waals surface area contributed by atoms with E-state index in [2.05, 4.69) is 20.1 Å². The minimum Gasteiger partial charge on any atom is -0.495 e. The smallest absolute Gasteiger partial charge is 0.418 e. The van der Waals surface area contributed by atoms with Gasteiger partial charge in [-0.25, -0.2) is 14.5 Å².